The number of nitrogens with zero attached hydrogens (tertiary/aromatic N) is 3. The molecule has 0 saturated carbocycles. The van der Waals surface area contributed by atoms with E-state index in [2.05, 4.69) is 14.7 Å². The van der Waals surface area contributed by atoms with Crippen LogP contribution in [0, 0.1) is 0 Å². The van der Waals surface area contributed by atoms with Crippen molar-refractivity contribution in [3.8, 4) is 0 Å². The summed E-state index contributed by atoms with van der Waals surface area (Å²) in [6, 6.07) is 14.6. The van der Waals surface area contributed by atoms with E-state index < -0.39 is 15.8 Å². The number of sulfonamides is 1. The molecular weight excluding hydrogens is 396 g/mol. The van der Waals surface area contributed by atoms with Gasteiger partial charge in [-0.2, -0.15) is 0 Å². The molecule has 1 aromatic heterocycles. The second-order valence-electron chi connectivity index (χ2n) is 6.35. The Kier molecular flexibility index (Phi) is 5.83. The van der Waals surface area contributed by atoms with Gasteiger partial charge in [0.1, 0.15) is 0 Å². The zero-order chi connectivity index (χ0) is 21.0. The number of hydrogen-bond donors (Lipinski definition) is 1. The van der Waals surface area contributed by atoms with E-state index in [1.54, 1.807) is 43.4 Å². The van der Waals surface area contributed by atoms with Crippen LogP contribution < -0.4 is 10.1 Å². The van der Waals surface area contributed by atoms with Crippen LogP contribution in [0.1, 0.15) is 16.2 Å². The molecule has 0 fully saturated rings. The van der Waals surface area contributed by atoms with Gasteiger partial charge >= 0.3 is 5.76 Å². The molecule has 0 atom stereocenters. The van der Waals surface area contributed by atoms with Crippen LogP contribution in [0.3, 0.4) is 0 Å². The second kappa shape index (κ2) is 8.31. The average Bonchev–Trinajstić information content (AvgIpc) is 3.16. The van der Waals surface area contributed by atoms with Crippen LogP contribution in [0.15, 0.2) is 68.8 Å². The van der Waals surface area contributed by atoms with Crippen LogP contribution in [0.25, 0.3) is 0 Å². The molecule has 2 aromatic carbocycles. The molecule has 0 unspecified atom stereocenters. The highest BCUT2D eigenvalue weighted by molar-refractivity contribution is 7.92. The molecule has 9 nitrogen and oxygen atoms in total. The molecule has 0 aliphatic carbocycles. The zero-order valence-corrected chi connectivity index (χ0v) is 16.7. The number of anilines is 1. The summed E-state index contributed by atoms with van der Waals surface area (Å²) in [7, 11) is -0.782. The Morgan fingerprint density at radius 2 is 1.83 bits per heavy atom. The van der Waals surface area contributed by atoms with E-state index in [1.807, 2.05) is 0 Å². The van der Waals surface area contributed by atoms with Gasteiger partial charge in [-0.3, -0.25) is 18.6 Å². The summed E-state index contributed by atoms with van der Waals surface area (Å²) in [6.07, 6.45) is 0.294. The van der Waals surface area contributed by atoms with Crippen molar-refractivity contribution < 1.29 is 17.7 Å². The molecular formula is C19H20N4O5S. The first-order valence-electron chi connectivity index (χ1n) is 8.73. The minimum atomic E-state index is -3.83. The minimum absolute atomic E-state index is 0.0175. The third kappa shape index (κ3) is 4.54. The number of likely N-dealkylation sites (N-methyl/N-ethyl adjacent to an activating group) is 1. The van der Waals surface area contributed by atoms with E-state index in [9.17, 15) is 18.0 Å². The van der Waals surface area contributed by atoms with Crippen molar-refractivity contribution in [1.82, 2.24) is 15.0 Å². The molecule has 10 heteroatoms. The predicted octanol–water partition coefficient (Wildman–Crippen LogP) is 1.50. The van der Waals surface area contributed by atoms with Gasteiger partial charge in [0.25, 0.3) is 15.9 Å². The Morgan fingerprint density at radius 3 is 2.48 bits per heavy atom. The highest BCUT2D eigenvalue weighted by Gasteiger charge is 2.23. The summed E-state index contributed by atoms with van der Waals surface area (Å²) < 4.78 is 31.5. The van der Waals surface area contributed by atoms with E-state index >= 15 is 0 Å². The molecule has 3 aromatic rings. The van der Waals surface area contributed by atoms with Crippen LogP contribution in [-0.4, -0.2) is 50.0 Å². The summed E-state index contributed by atoms with van der Waals surface area (Å²) in [4.78, 5) is 27.5. The molecule has 152 valence electrons. The van der Waals surface area contributed by atoms with Crippen molar-refractivity contribution in [3.63, 3.8) is 0 Å². The van der Waals surface area contributed by atoms with Crippen molar-refractivity contribution >= 4 is 21.6 Å². The van der Waals surface area contributed by atoms with Crippen molar-refractivity contribution in [2.45, 2.75) is 11.3 Å². The number of carbonyl (C=O) groups excluding carboxylic acids is 1. The fraction of sp³-hybridized carbons (Fsp3) is 0.211. The number of para-hydroxylation sites is 1. The summed E-state index contributed by atoms with van der Waals surface area (Å²) >= 11 is 0. The van der Waals surface area contributed by atoms with Gasteiger partial charge in [-0.25, -0.2) is 13.2 Å². The second-order valence-corrected chi connectivity index (χ2v) is 8.32. The molecule has 1 N–H and O–H groups in total. The van der Waals surface area contributed by atoms with E-state index in [0.29, 0.717) is 17.9 Å². The minimum Gasteiger partial charge on any atom is -0.341 e. The van der Waals surface area contributed by atoms with Gasteiger partial charge in [0, 0.05) is 32.6 Å². The lowest BCUT2D eigenvalue weighted by Crippen LogP contribution is -2.30. The fourth-order valence-electron chi connectivity index (χ4n) is 2.69. The SMILES string of the molecule is CN(CCc1noc(=O)[nH]1)C(=O)c1cccc(S(=O)(=O)N(C)c2ccccc2)c1. The molecule has 29 heavy (non-hydrogen) atoms. The Hall–Kier alpha value is -3.40. The number of carbonyl (C=O) groups is 1. The summed E-state index contributed by atoms with van der Waals surface area (Å²) in [5.74, 6) is -0.680. The van der Waals surface area contributed by atoms with E-state index in [0.717, 1.165) is 0 Å². The predicted molar refractivity (Wildman–Crippen MR) is 106 cm³/mol. The topological polar surface area (TPSA) is 117 Å². The molecule has 0 aliphatic rings. The largest absolute Gasteiger partial charge is 0.438 e. The maximum absolute atomic E-state index is 12.9. The average molecular weight is 416 g/mol. The first-order chi connectivity index (χ1) is 13.8. The molecule has 3 rings (SSSR count). The van der Waals surface area contributed by atoms with Gasteiger partial charge in [-0.15, -0.1) is 0 Å². The van der Waals surface area contributed by atoms with Crippen LogP contribution in [-0.2, 0) is 16.4 Å². The van der Waals surface area contributed by atoms with Gasteiger partial charge in [0.05, 0.1) is 10.6 Å². The van der Waals surface area contributed by atoms with Crippen LogP contribution >= 0.6 is 0 Å². The number of benzene rings is 2. The van der Waals surface area contributed by atoms with Crippen molar-refractivity contribution in [2.75, 3.05) is 24.9 Å². The van der Waals surface area contributed by atoms with Crippen LogP contribution in [0.5, 0.6) is 0 Å². The molecule has 0 aliphatic heterocycles. The lowest BCUT2D eigenvalue weighted by atomic mass is 10.2. The Balaban J connectivity index is 1.77. The van der Waals surface area contributed by atoms with Crippen molar-refractivity contribution in [2.24, 2.45) is 0 Å². The van der Waals surface area contributed by atoms with Gasteiger partial charge < -0.3 is 4.90 Å². The van der Waals surface area contributed by atoms with E-state index in [4.69, 9.17) is 0 Å². The molecule has 1 heterocycles. The van der Waals surface area contributed by atoms with E-state index in [1.165, 1.54) is 34.5 Å². The first kappa shape index (κ1) is 20.3. The van der Waals surface area contributed by atoms with Gasteiger partial charge in [-0.05, 0) is 30.3 Å². The quantitative estimate of drug-likeness (QED) is 0.624. The third-order valence-electron chi connectivity index (χ3n) is 4.37. The molecule has 0 bridgehead atoms. The third-order valence-corrected chi connectivity index (χ3v) is 6.16. The molecule has 1 amide bonds. The number of hydrogen-bond acceptors (Lipinski definition) is 6. The van der Waals surface area contributed by atoms with Crippen LogP contribution in [0.2, 0.25) is 0 Å². The number of rotatable bonds is 7. The molecule has 0 radical (unpaired) electrons. The lowest BCUT2D eigenvalue weighted by molar-refractivity contribution is 0.0795. The highest BCUT2D eigenvalue weighted by atomic mass is 32.2. The van der Waals surface area contributed by atoms with Gasteiger partial charge in [0.15, 0.2) is 5.82 Å². The highest BCUT2D eigenvalue weighted by Crippen LogP contribution is 2.22. The summed E-state index contributed by atoms with van der Waals surface area (Å²) in [5.41, 5.74) is 0.756. The van der Waals surface area contributed by atoms with Crippen LogP contribution in [0.4, 0.5) is 5.69 Å². The van der Waals surface area contributed by atoms with E-state index in [-0.39, 0.29) is 22.9 Å². The van der Waals surface area contributed by atoms with Crippen molar-refractivity contribution in [3.05, 3.63) is 76.5 Å². The Bertz CT molecular complexity index is 1150. The summed E-state index contributed by atoms with van der Waals surface area (Å²) in [5, 5.41) is 3.55. The number of nitrogens with one attached hydrogen (secondary N) is 1. The lowest BCUT2D eigenvalue weighted by Gasteiger charge is -2.20. The number of amides is 1. The number of aromatic nitrogens is 2. The standard InChI is InChI=1S/C19H20N4O5S/c1-22(12-11-17-20-19(25)28-21-17)18(24)14-7-6-10-16(13-14)29(26,27)23(2)15-8-4-3-5-9-15/h3-10,13H,11-12H2,1-2H3,(H,20,21,25). The number of H-pyrrole nitrogens is 1. The zero-order valence-electron chi connectivity index (χ0n) is 15.9. The maximum atomic E-state index is 12.9. The fourth-order valence-corrected chi connectivity index (χ4v) is 3.93. The van der Waals surface area contributed by atoms with Gasteiger partial charge in [0.2, 0.25) is 0 Å². The normalized spacial score (nSPS) is 11.2. The maximum Gasteiger partial charge on any atom is 0.438 e. The first-order valence-corrected chi connectivity index (χ1v) is 10.2. The monoisotopic (exact) mass is 416 g/mol. The Labute approximate surface area is 167 Å². The van der Waals surface area contributed by atoms with Crippen molar-refractivity contribution in [1.29, 1.82) is 0 Å². The number of aromatic amines is 1. The smallest absolute Gasteiger partial charge is 0.341 e. The molecule has 0 saturated heterocycles. The molecule has 0 spiro atoms. The van der Waals surface area contributed by atoms with Gasteiger partial charge in [-0.1, -0.05) is 29.4 Å². The summed E-state index contributed by atoms with van der Waals surface area (Å²) in [6.45, 7) is 0.266. The Morgan fingerprint density at radius 1 is 1.10 bits per heavy atom.